The van der Waals surface area contributed by atoms with Crippen molar-refractivity contribution < 1.29 is 14.2 Å². The van der Waals surface area contributed by atoms with E-state index in [9.17, 15) is 9.59 Å². The van der Waals surface area contributed by atoms with Gasteiger partial charge in [0.05, 0.1) is 11.9 Å². The van der Waals surface area contributed by atoms with Gasteiger partial charge in [-0.3, -0.25) is 9.59 Å². The van der Waals surface area contributed by atoms with Crippen LogP contribution in [-0.4, -0.2) is 22.3 Å². The molecule has 96 valence electrons. The Morgan fingerprint density at radius 1 is 1.16 bits per heavy atom. The number of carbonyl (C=O) groups is 2. The van der Waals surface area contributed by atoms with Crippen LogP contribution in [0.3, 0.4) is 0 Å². The first-order valence-electron chi connectivity index (χ1n) is 5.78. The standard InChI is InChI=1S/C14H12N2O2S/c17-13(11-4-2-1-3-5-11)9-16-7-6-15-12(8-16)14(18)10-19/h1-8H,9-10H2/p+1. The molecular formula is C14H13N2O2S+. The number of hydrogen-bond acceptors (Lipinski definition) is 4. The molecule has 2 aromatic rings. The van der Waals surface area contributed by atoms with Crippen LogP contribution in [0.1, 0.15) is 20.8 Å². The van der Waals surface area contributed by atoms with Gasteiger partial charge in [-0.2, -0.15) is 17.2 Å². The normalized spacial score (nSPS) is 10.2. The molecule has 0 saturated heterocycles. The predicted octanol–water partition coefficient (Wildman–Crippen LogP) is 1.36. The first-order valence-corrected chi connectivity index (χ1v) is 6.41. The molecule has 0 spiro atoms. The molecular weight excluding hydrogens is 260 g/mol. The minimum Gasteiger partial charge on any atom is -0.291 e. The molecule has 0 saturated carbocycles. The second-order valence-corrected chi connectivity index (χ2v) is 4.30. The van der Waals surface area contributed by atoms with Gasteiger partial charge in [0.25, 0.3) is 0 Å². The lowest BCUT2D eigenvalue weighted by Gasteiger charge is -1.99. The molecule has 0 unspecified atom stereocenters. The molecule has 0 aliphatic carbocycles. The Balaban J connectivity index is 2.16. The maximum absolute atomic E-state index is 12.0. The Labute approximate surface area is 116 Å². The molecule has 0 fully saturated rings. The number of thiol groups is 1. The Morgan fingerprint density at radius 2 is 1.89 bits per heavy atom. The van der Waals surface area contributed by atoms with E-state index in [0.29, 0.717) is 11.3 Å². The highest BCUT2D eigenvalue weighted by atomic mass is 32.1. The molecule has 0 aliphatic heterocycles. The maximum Gasteiger partial charge on any atom is 0.227 e. The molecule has 0 aliphatic rings. The number of aromatic nitrogens is 2. The van der Waals surface area contributed by atoms with Crippen LogP contribution in [0, 0.1) is 0 Å². The van der Waals surface area contributed by atoms with Crippen molar-refractivity contribution in [2.24, 2.45) is 0 Å². The molecule has 0 radical (unpaired) electrons. The lowest BCUT2D eigenvalue weighted by Crippen LogP contribution is -2.38. The van der Waals surface area contributed by atoms with Gasteiger partial charge in [0.1, 0.15) is 0 Å². The van der Waals surface area contributed by atoms with Gasteiger partial charge < -0.3 is 0 Å². The number of carbonyl (C=O) groups excluding carboxylic acids is 2. The van der Waals surface area contributed by atoms with Gasteiger partial charge in [-0.1, -0.05) is 30.3 Å². The molecule has 0 bridgehead atoms. The highest BCUT2D eigenvalue weighted by Crippen LogP contribution is 2.00. The third kappa shape index (κ3) is 3.48. The highest BCUT2D eigenvalue weighted by molar-refractivity contribution is 7.81. The van der Waals surface area contributed by atoms with Crippen molar-refractivity contribution in [3.8, 4) is 0 Å². The Bertz CT molecular complexity index is 599. The van der Waals surface area contributed by atoms with Gasteiger partial charge in [-0.15, -0.1) is 0 Å². The second kappa shape index (κ2) is 6.24. The summed E-state index contributed by atoms with van der Waals surface area (Å²) >= 11 is 3.92. The number of nitrogens with zero attached hydrogens (tertiary/aromatic N) is 2. The number of hydrogen-bond donors (Lipinski definition) is 1. The van der Waals surface area contributed by atoms with E-state index in [-0.39, 0.29) is 23.9 Å². The van der Waals surface area contributed by atoms with Crippen molar-refractivity contribution in [1.82, 2.24) is 4.98 Å². The zero-order valence-corrected chi connectivity index (χ0v) is 11.1. The minimum absolute atomic E-state index is 0.0129. The number of benzene rings is 1. The molecule has 1 aromatic carbocycles. The van der Waals surface area contributed by atoms with Crippen molar-refractivity contribution in [2.45, 2.75) is 6.54 Å². The highest BCUT2D eigenvalue weighted by Gasteiger charge is 2.15. The summed E-state index contributed by atoms with van der Waals surface area (Å²) in [7, 11) is 0. The van der Waals surface area contributed by atoms with Crippen molar-refractivity contribution >= 4 is 24.2 Å². The van der Waals surface area contributed by atoms with Gasteiger partial charge in [-0.05, 0) is 0 Å². The number of Topliss-reactive ketones (excluding diaryl/α,β-unsaturated/α-hetero) is 2. The lowest BCUT2D eigenvalue weighted by atomic mass is 10.1. The first kappa shape index (κ1) is 13.4. The zero-order valence-electron chi connectivity index (χ0n) is 10.2. The molecule has 19 heavy (non-hydrogen) atoms. The summed E-state index contributed by atoms with van der Waals surface area (Å²) in [6, 6.07) is 9.04. The van der Waals surface area contributed by atoms with Crippen molar-refractivity contribution in [2.75, 3.05) is 5.75 Å². The van der Waals surface area contributed by atoms with E-state index < -0.39 is 0 Å². The van der Waals surface area contributed by atoms with Gasteiger partial charge >= 0.3 is 0 Å². The van der Waals surface area contributed by atoms with E-state index in [1.54, 1.807) is 29.1 Å². The molecule has 0 atom stereocenters. The van der Waals surface area contributed by atoms with Crippen LogP contribution >= 0.6 is 12.6 Å². The first-order chi connectivity index (χ1) is 9.20. The van der Waals surface area contributed by atoms with Crippen LogP contribution in [0.25, 0.3) is 0 Å². The summed E-state index contributed by atoms with van der Waals surface area (Å²) in [5.74, 6) is -0.0742. The molecule has 4 nitrogen and oxygen atoms in total. The Morgan fingerprint density at radius 3 is 2.58 bits per heavy atom. The van der Waals surface area contributed by atoms with Crippen LogP contribution in [-0.2, 0) is 6.54 Å². The molecule has 1 heterocycles. The average Bonchev–Trinajstić information content (AvgIpc) is 2.47. The van der Waals surface area contributed by atoms with Crippen LogP contribution < -0.4 is 4.57 Å². The van der Waals surface area contributed by atoms with E-state index in [2.05, 4.69) is 17.6 Å². The van der Waals surface area contributed by atoms with Crippen LogP contribution in [0.15, 0.2) is 48.9 Å². The molecule has 0 N–H and O–H groups in total. The smallest absolute Gasteiger partial charge is 0.227 e. The largest absolute Gasteiger partial charge is 0.291 e. The average molecular weight is 273 g/mol. The lowest BCUT2D eigenvalue weighted by molar-refractivity contribution is -0.683. The van der Waals surface area contributed by atoms with Crippen molar-refractivity contribution in [3.05, 3.63) is 60.2 Å². The third-order valence-corrected chi connectivity index (χ3v) is 2.90. The molecule has 2 rings (SSSR count). The fraction of sp³-hybridized carbons (Fsp3) is 0.143. The van der Waals surface area contributed by atoms with E-state index in [0.717, 1.165) is 0 Å². The SMILES string of the molecule is O=C(C[n+]1ccnc(C(=O)CS)c1)c1ccccc1. The van der Waals surface area contributed by atoms with Gasteiger partial charge in [0.15, 0.2) is 23.9 Å². The van der Waals surface area contributed by atoms with E-state index in [4.69, 9.17) is 0 Å². The summed E-state index contributed by atoms with van der Waals surface area (Å²) in [4.78, 5) is 27.5. The van der Waals surface area contributed by atoms with E-state index in [1.807, 2.05) is 18.2 Å². The molecule has 5 heteroatoms. The Hall–Kier alpha value is -2.01. The Kier molecular flexibility index (Phi) is 4.41. The van der Waals surface area contributed by atoms with Crippen LogP contribution in [0.4, 0.5) is 0 Å². The van der Waals surface area contributed by atoms with Crippen LogP contribution in [0.5, 0.6) is 0 Å². The monoisotopic (exact) mass is 273 g/mol. The number of ketones is 2. The van der Waals surface area contributed by atoms with Crippen molar-refractivity contribution in [1.29, 1.82) is 0 Å². The van der Waals surface area contributed by atoms with E-state index in [1.165, 1.54) is 6.20 Å². The van der Waals surface area contributed by atoms with Gasteiger partial charge in [-0.25, -0.2) is 4.98 Å². The quantitative estimate of drug-likeness (QED) is 0.508. The van der Waals surface area contributed by atoms with E-state index >= 15 is 0 Å². The van der Waals surface area contributed by atoms with Gasteiger partial charge in [0.2, 0.25) is 12.3 Å². The second-order valence-electron chi connectivity index (χ2n) is 3.98. The third-order valence-electron chi connectivity index (χ3n) is 2.61. The van der Waals surface area contributed by atoms with Gasteiger partial charge in [0, 0.05) is 5.56 Å². The fourth-order valence-corrected chi connectivity index (χ4v) is 1.80. The summed E-state index contributed by atoms with van der Waals surface area (Å²) in [6.07, 6.45) is 4.74. The molecule has 1 aromatic heterocycles. The zero-order chi connectivity index (χ0) is 13.7. The predicted molar refractivity (Wildman–Crippen MR) is 73.4 cm³/mol. The summed E-state index contributed by atoms with van der Waals surface area (Å²) in [5, 5.41) is 0. The van der Waals surface area contributed by atoms with Crippen LogP contribution in [0.2, 0.25) is 0 Å². The number of rotatable bonds is 5. The topological polar surface area (TPSA) is 50.9 Å². The summed E-state index contributed by atoms with van der Waals surface area (Å²) in [6.45, 7) is 0.180. The van der Waals surface area contributed by atoms with Crippen molar-refractivity contribution in [3.63, 3.8) is 0 Å². The summed E-state index contributed by atoms with van der Waals surface area (Å²) < 4.78 is 1.65. The minimum atomic E-state index is -0.162. The summed E-state index contributed by atoms with van der Waals surface area (Å²) in [5.41, 5.74) is 0.965. The molecule has 0 amide bonds. The maximum atomic E-state index is 12.0. The fourth-order valence-electron chi connectivity index (χ4n) is 1.64.